The average Bonchev–Trinajstić information content (AvgIpc) is 2.11. The highest BCUT2D eigenvalue weighted by molar-refractivity contribution is 6.31. The normalized spacial score (nSPS) is 9.80. The molecule has 0 spiro atoms. The van der Waals surface area contributed by atoms with E-state index in [1.54, 1.807) is 0 Å². The fraction of sp³-hybridized carbons (Fsp3) is 0.250. The molecule has 0 saturated heterocycles. The van der Waals surface area contributed by atoms with Crippen LogP contribution in [0, 0.1) is 17.0 Å². The number of halogens is 1. The van der Waals surface area contributed by atoms with Crippen LogP contribution in [-0.4, -0.2) is 15.1 Å². The smallest absolute Gasteiger partial charge is 0.261 e. The van der Waals surface area contributed by atoms with Crippen molar-refractivity contribution >= 4 is 17.3 Å². The van der Waals surface area contributed by atoms with Crippen LogP contribution in [0.2, 0.25) is 5.15 Å². The summed E-state index contributed by atoms with van der Waals surface area (Å²) >= 11 is 5.38. The van der Waals surface area contributed by atoms with E-state index >= 15 is 0 Å². The number of rotatable bonds is 1. The van der Waals surface area contributed by atoms with E-state index in [4.69, 9.17) is 11.6 Å². The van der Waals surface area contributed by atoms with Crippen molar-refractivity contribution in [3.63, 3.8) is 0 Å². The van der Waals surface area contributed by atoms with Crippen molar-refractivity contribution in [3.05, 3.63) is 21.0 Å². The average molecular weight is 162 g/mol. The lowest BCUT2D eigenvalue weighted by atomic mass is 10.4. The molecular formula is C4H4ClN3O2. The molecule has 6 heteroatoms. The number of nitrogens with one attached hydrogen (secondary N) is 1. The molecule has 5 nitrogen and oxygen atoms in total. The zero-order valence-corrected chi connectivity index (χ0v) is 5.84. The molecule has 1 rings (SSSR count). The third-order valence-corrected chi connectivity index (χ3v) is 1.32. The first-order valence-corrected chi connectivity index (χ1v) is 2.85. The number of aromatic amines is 1. The molecule has 0 aromatic carbocycles. The molecular weight excluding hydrogens is 158 g/mol. The fourth-order valence-electron chi connectivity index (χ4n) is 0.610. The first-order valence-electron chi connectivity index (χ1n) is 2.47. The number of nitrogens with zero attached hydrogens (tertiary/aromatic N) is 2. The largest absolute Gasteiger partial charge is 0.328 e. The van der Waals surface area contributed by atoms with Gasteiger partial charge in [0.15, 0.2) is 0 Å². The van der Waals surface area contributed by atoms with Gasteiger partial charge in [0.2, 0.25) is 5.15 Å². The van der Waals surface area contributed by atoms with Gasteiger partial charge in [0, 0.05) is 0 Å². The second-order valence-corrected chi connectivity index (χ2v) is 2.11. The minimum absolute atomic E-state index is 0.0255. The molecule has 10 heavy (non-hydrogen) atoms. The summed E-state index contributed by atoms with van der Waals surface area (Å²) in [7, 11) is 0. The molecule has 0 saturated carbocycles. The third kappa shape index (κ3) is 0.950. The van der Waals surface area contributed by atoms with Gasteiger partial charge in [-0.15, -0.1) is 0 Å². The topological polar surface area (TPSA) is 71.8 Å². The summed E-state index contributed by atoms with van der Waals surface area (Å²) in [6.45, 7) is 1.51. The quantitative estimate of drug-likeness (QED) is 0.498. The Hall–Kier alpha value is -1.10. The minimum atomic E-state index is -0.568. The highest BCUT2D eigenvalue weighted by Crippen LogP contribution is 2.23. The Morgan fingerprint density at radius 3 is 2.60 bits per heavy atom. The van der Waals surface area contributed by atoms with E-state index in [9.17, 15) is 10.1 Å². The van der Waals surface area contributed by atoms with E-state index in [1.807, 2.05) is 0 Å². The van der Waals surface area contributed by atoms with E-state index in [0.717, 1.165) is 0 Å². The van der Waals surface area contributed by atoms with Crippen molar-refractivity contribution in [2.24, 2.45) is 0 Å². The maximum Gasteiger partial charge on any atom is 0.328 e. The Morgan fingerprint density at radius 1 is 1.80 bits per heavy atom. The SMILES string of the molecule is Cc1n[nH]c(Cl)c1[N+](=O)[O-]. The van der Waals surface area contributed by atoms with E-state index in [2.05, 4.69) is 10.2 Å². The van der Waals surface area contributed by atoms with Crippen LogP contribution in [0.1, 0.15) is 5.69 Å². The maximum absolute atomic E-state index is 10.2. The van der Waals surface area contributed by atoms with Crippen LogP contribution in [0.5, 0.6) is 0 Å². The van der Waals surface area contributed by atoms with Crippen molar-refractivity contribution < 1.29 is 4.92 Å². The van der Waals surface area contributed by atoms with Crippen LogP contribution in [0.4, 0.5) is 5.69 Å². The Kier molecular flexibility index (Phi) is 1.58. The molecule has 0 fully saturated rings. The van der Waals surface area contributed by atoms with Gasteiger partial charge in [0.25, 0.3) is 0 Å². The minimum Gasteiger partial charge on any atom is -0.261 e. The Bertz CT molecular complexity index is 250. The molecule has 1 heterocycles. The van der Waals surface area contributed by atoms with Gasteiger partial charge >= 0.3 is 5.69 Å². The zero-order valence-electron chi connectivity index (χ0n) is 5.09. The van der Waals surface area contributed by atoms with Gasteiger partial charge in [0.1, 0.15) is 5.69 Å². The molecule has 0 amide bonds. The molecule has 54 valence electrons. The summed E-state index contributed by atoms with van der Waals surface area (Å²) in [6.07, 6.45) is 0. The molecule has 1 aromatic rings. The molecule has 1 N–H and O–H groups in total. The van der Waals surface area contributed by atoms with Gasteiger partial charge < -0.3 is 0 Å². The Labute approximate surface area is 61.1 Å². The summed E-state index contributed by atoms with van der Waals surface area (Å²) in [5, 5.41) is 16.0. The van der Waals surface area contributed by atoms with Crippen molar-refractivity contribution in [1.29, 1.82) is 0 Å². The van der Waals surface area contributed by atoms with Gasteiger partial charge in [-0.3, -0.25) is 15.2 Å². The number of hydrogen-bond acceptors (Lipinski definition) is 3. The Balaban J connectivity index is 3.23. The Morgan fingerprint density at radius 2 is 2.40 bits per heavy atom. The summed E-state index contributed by atoms with van der Waals surface area (Å²) in [6, 6.07) is 0. The molecule has 0 unspecified atom stereocenters. The zero-order chi connectivity index (χ0) is 7.72. The van der Waals surface area contributed by atoms with Gasteiger partial charge in [-0.25, -0.2) is 0 Å². The van der Waals surface area contributed by atoms with Gasteiger partial charge in [-0.2, -0.15) is 5.10 Å². The molecule has 0 aliphatic heterocycles. The van der Waals surface area contributed by atoms with Crippen molar-refractivity contribution in [1.82, 2.24) is 10.2 Å². The van der Waals surface area contributed by atoms with Crippen molar-refractivity contribution in [2.45, 2.75) is 6.92 Å². The second-order valence-electron chi connectivity index (χ2n) is 1.73. The van der Waals surface area contributed by atoms with Crippen LogP contribution in [-0.2, 0) is 0 Å². The van der Waals surface area contributed by atoms with Crippen molar-refractivity contribution in [3.8, 4) is 0 Å². The predicted molar refractivity (Wildman–Crippen MR) is 35.0 cm³/mol. The van der Waals surface area contributed by atoms with Crippen LogP contribution in [0.25, 0.3) is 0 Å². The molecule has 0 bridgehead atoms. The monoisotopic (exact) mass is 161 g/mol. The highest BCUT2D eigenvalue weighted by Gasteiger charge is 2.18. The van der Waals surface area contributed by atoms with E-state index in [-0.39, 0.29) is 10.8 Å². The van der Waals surface area contributed by atoms with E-state index < -0.39 is 4.92 Å². The van der Waals surface area contributed by atoms with Gasteiger partial charge in [-0.05, 0) is 6.92 Å². The van der Waals surface area contributed by atoms with Crippen molar-refractivity contribution in [2.75, 3.05) is 0 Å². The fourth-order valence-corrected chi connectivity index (χ4v) is 0.858. The predicted octanol–water partition coefficient (Wildman–Crippen LogP) is 1.28. The number of H-pyrrole nitrogens is 1. The summed E-state index contributed by atoms with van der Waals surface area (Å²) in [5.74, 6) is 0. The standard InChI is InChI=1S/C4H4ClN3O2/c1-2-3(8(9)10)4(5)7-6-2/h1H3,(H,6,7). The number of aromatic nitrogens is 2. The first-order chi connectivity index (χ1) is 4.63. The van der Waals surface area contributed by atoms with Crippen LogP contribution in [0.3, 0.4) is 0 Å². The molecule has 1 aromatic heterocycles. The summed E-state index contributed by atoms with van der Waals surface area (Å²) < 4.78 is 0. The van der Waals surface area contributed by atoms with Crippen LogP contribution >= 0.6 is 11.6 Å². The highest BCUT2D eigenvalue weighted by atomic mass is 35.5. The lowest BCUT2D eigenvalue weighted by Gasteiger charge is -1.84. The number of nitro groups is 1. The van der Waals surface area contributed by atoms with Gasteiger partial charge in [-0.1, -0.05) is 11.6 Å². The van der Waals surface area contributed by atoms with E-state index in [0.29, 0.717) is 5.69 Å². The summed E-state index contributed by atoms with van der Waals surface area (Å²) in [5.41, 5.74) is 0.150. The third-order valence-electron chi connectivity index (χ3n) is 1.05. The molecule has 0 aliphatic rings. The molecule has 0 radical (unpaired) electrons. The number of aryl methyl sites for hydroxylation is 1. The lowest BCUT2D eigenvalue weighted by Crippen LogP contribution is -1.88. The molecule has 0 aliphatic carbocycles. The van der Waals surface area contributed by atoms with Gasteiger partial charge in [0.05, 0.1) is 4.92 Å². The number of hydrogen-bond donors (Lipinski definition) is 1. The lowest BCUT2D eigenvalue weighted by molar-refractivity contribution is -0.385. The molecule has 0 atom stereocenters. The second kappa shape index (κ2) is 2.26. The van der Waals surface area contributed by atoms with E-state index in [1.165, 1.54) is 6.92 Å². The van der Waals surface area contributed by atoms with Crippen LogP contribution < -0.4 is 0 Å². The maximum atomic E-state index is 10.2. The first kappa shape index (κ1) is 7.01. The van der Waals surface area contributed by atoms with Crippen LogP contribution in [0.15, 0.2) is 0 Å². The summed E-state index contributed by atoms with van der Waals surface area (Å²) in [4.78, 5) is 9.60.